The molecule has 0 saturated carbocycles. The van der Waals surface area contributed by atoms with Crippen molar-refractivity contribution < 1.29 is 9.90 Å². The van der Waals surface area contributed by atoms with Gasteiger partial charge in [0.1, 0.15) is 0 Å². The molecule has 1 atom stereocenters. The van der Waals surface area contributed by atoms with Gasteiger partial charge in [0.15, 0.2) is 0 Å². The molecule has 4 heteroatoms. The zero-order valence-corrected chi connectivity index (χ0v) is 11.2. The minimum Gasteiger partial charge on any atom is -0.387 e. The molecule has 3 nitrogen and oxygen atoms in total. The van der Waals surface area contributed by atoms with E-state index in [1.165, 1.54) is 18.4 Å². The number of aliphatic hydroxyl groups excluding tert-OH is 1. The largest absolute Gasteiger partial charge is 0.387 e. The molecule has 98 valence electrons. The molecule has 1 aromatic rings. The maximum absolute atomic E-state index is 11.7. The van der Waals surface area contributed by atoms with Crippen molar-refractivity contribution in [3.63, 3.8) is 0 Å². The summed E-state index contributed by atoms with van der Waals surface area (Å²) in [5.74, 6) is 0.0115. The molecule has 0 spiro atoms. The van der Waals surface area contributed by atoms with Gasteiger partial charge in [-0.25, -0.2) is 0 Å². The zero-order chi connectivity index (χ0) is 12.8. The van der Waals surface area contributed by atoms with E-state index in [2.05, 4.69) is 11.4 Å². The van der Waals surface area contributed by atoms with Gasteiger partial charge in [-0.2, -0.15) is 11.3 Å². The van der Waals surface area contributed by atoms with E-state index in [0.29, 0.717) is 13.0 Å². The van der Waals surface area contributed by atoms with Crippen LogP contribution in [-0.4, -0.2) is 17.6 Å². The Morgan fingerprint density at radius 3 is 3.06 bits per heavy atom. The molecule has 1 aliphatic carbocycles. The molecule has 0 radical (unpaired) electrons. The maximum Gasteiger partial charge on any atom is 0.224 e. The second kappa shape index (κ2) is 6.71. The normalized spacial score (nSPS) is 17.1. The van der Waals surface area contributed by atoms with Crippen LogP contribution < -0.4 is 5.32 Å². The Morgan fingerprint density at radius 1 is 1.50 bits per heavy atom. The molecule has 1 aliphatic rings. The number of hydrogen-bond donors (Lipinski definition) is 2. The van der Waals surface area contributed by atoms with Crippen LogP contribution in [0.4, 0.5) is 0 Å². The zero-order valence-electron chi connectivity index (χ0n) is 10.4. The van der Waals surface area contributed by atoms with Crippen LogP contribution in [0.5, 0.6) is 0 Å². The van der Waals surface area contributed by atoms with Gasteiger partial charge in [0.05, 0.1) is 6.10 Å². The van der Waals surface area contributed by atoms with Crippen LogP contribution in [0.1, 0.15) is 43.8 Å². The number of aliphatic hydroxyl groups is 1. The number of nitrogens with one attached hydrogen (secondary N) is 1. The third kappa shape index (κ3) is 3.96. The highest BCUT2D eigenvalue weighted by Crippen LogP contribution is 2.20. The summed E-state index contributed by atoms with van der Waals surface area (Å²) in [6.45, 7) is 0.294. The van der Waals surface area contributed by atoms with Gasteiger partial charge < -0.3 is 10.4 Å². The first-order chi connectivity index (χ1) is 8.75. The lowest BCUT2D eigenvalue weighted by Gasteiger charge is -2.14. The Morgan fingerprint density at radius 2 is 2.39 bits per heavy atom. The number of rotatable bonds is 5. The highest BCUT2D eigenvalue weighted by atomic mass is 32.1. The fourth-order valence-electron chi connectivity index (χ4n) is 2.13. The van der Waals surface area contributed by atoms with E-state index >= 15 is 0 Å². The summed E-state index contributed by atoms with van der Waals surface area (Å²) in [6.07, 6.45) is 6.63. The molecule has 0 saturated heterocycles. The molecular weight excluding hydrogens is 246 g/mol. The number of thiophene rings is 1. The minimum atomic E-state index is -0.597. The molecule has 2 rings (SSSR count). The van der Waals surface area contributed by atoms with Crippen LogP contribution in [0.25, 0.3) is 0 Å². The first-order valence-electron chi connectivity index (χ1n) is 6.40. The standard InChI is InChI=1S/C14H19NO2S/c16-13(12-6-7-18-10-12)9-15-14(17)8-11-4-2-1-3-5-11/h4,6-7,10,13,16H,1-3,5,8-9H2,(H,15,17). The topological polar surface area (TPSA) is 49.3 Å². The number of hydrogen-bond acceptors (Lipinski definition) is 3. The number of allylic oxidation sites excluding steroid dienone is 1. The smallest absolute Gasteiger partial charge is 0.224 e. The SMILES string of the molecule is O=C(CC1=CCCCC1)NCC(O)c1ccsc1. The molecule has 0 fully saturated rings. The van der Waals surface area contributed by atoms with Gasteiger partial charge in [-0.1, -0.05) is 11.6 Å². The summed E-state index contributed by atoms with van der Waals surface area (Å²) >= 11 is 1.55. The van der Waals surface area contributed by atoms with Crippen molar-refractivity contribution >= 4 is 17.2 Å². The number of carbonyl (C=O) groups is 1. The second-order valence-corrected chi connectivity index (χ2v) is 5.44. The summed E-state index contributed by atoms with van der Waals surface area (Å²) in [5, 5.41) is 16.5. The van der Waals surface area contributed by atoms with E-state index in [1.807, 2.05) is 16.8 Å². The van der Waals surface area contributed by atoms with E-state index in [4.69, 9.17) is 0 Å². The fourth-order valence-corrected chi connectivity index (χ4v) is 2.83. The van der Waals surface area contributed by atoms with Crippen molar-refractivity contribution in [1.29, 1.82) is 0 Å². The van der Waals surface area contributed by atoms with Crippen LogP contribution in [0.15, 0.2) is 28.5 Å². The van der Waals surface area contributed by atoms with E-state index in [0.717, 1.165) is 18.4 Å². The molecule has 0 bridgehead atoms. The fraction of sp³-hybridized carbons (Fsp3) is 0.500. The summed E-state index contributed by atoms with van der Waals surface area (Å²) in [7, 11) is 0. The molecule has 0 aromatic carbocycles. The van der Waals surface area contributed by atoms with E-state index < -0.39 is 6.10 Å². The molecule has 18 heavy (non-hydrogen) atoms. The third-order valence-electron chi connectivity index (χ3n) is 3.19. The lowest BCUT2D eigenvalue weighted by molar-refractivity contribution is -0.120. The van der Waals surface area contributed by atoms with Gasteiger partial charge in [0.25, 0.3) is 0 Å². The van der Waals surface area contributed by atoms with Gasteiger partial charge in [0.2, 0.25) is 5.91 Å². The van der Waals surface area contributed by atoms with Crippen LogP contribution in [0.3, 0.4) is 0 Å². The Hall–Kier alpha value is -1.13. The Balaban J connectivity index is 1.73. The molecule has 1 aromatic heterocycles. The van der Waals surface area contributed by atoms with Crippen molar-refractivity contribution in [1.82, 2.24) is 5.32 Å². The lowest BCUT2D eigenvalue weighted by Crippen LogP contribution is -2.28. The number of amides is 1. The van der Waals surface area contributed by atoms with Crippen molar-refractivity contribution in [2.75, 3.05) is 6.54 Å². The molecule has 1 heterocycles. The predicted octanol–water partition coefficient (Wildman–Crippen LogP) is 2.79. The Labute approximate surface area is 112 Å². The van der Waals surface area contributed by atoms with Crippen LogP contribution in [-0.2, 0) is 4.79 Å². The lowest BCUT2D eigenvalue weighted by atomic mass is 9.97. The molecule has 1 amide bonds. The monoisotopic (exact) mass is 265 g/mol. The van der Waals surface area contributed by atoms with Crippen LogP contribution >= 0.6 is 11.3 Å². The number of carbonyl (C=O) groups excluding carboxylic acids is 1. The van der Waals surface area contributed by atoms with Gasteiger partial charge >= 0.3 is 0 Å². The van der Waals surface area contributed by atoms with Crippen molar-refractivity contribution in [3.8, 4) is 0 Å². The van der Waals surface area contributed by atoms with E-state index in [-0.39, 0.29) is 5.91 Å². The highest BCUT2D eigenvalue weighted by molar-refractivity contribution is 7.07. The second-order valence-electron chi connectivity index (χ2n) is 4.66. The molecule has 1 unspecified atom stereocenters. The van der Waals surface area contributed by atoms with Crippen molar-refractivity contribution in [2.24, 2.45) is 0 Å². The van der Waals surface area contributed by atoms with Crippen LogP contribution in [0, 0.1) is 0 Å². The van der Waals surface area contributed by atoms with E-state index in [1.54, 1.807) is 11.3 Å². The van der Waals surface area contributed by atoms with Crippen LogP contribution in [0.2, 0.25) is 0 Å². The first kappa shape index (κ1) is 13.3. The summed E-state index contributed by atoms with van der Waals surface area (Å²) in [5.41, 5.74) is 2.11. The first-order valence-corrected chi connectivity index (χ1v) is 7.35. The summed E-state index contributed by atoms with van der Waals surface area (Å²) in [4.78, 5) is 11.7. The summed E-state index contributed by atoms with van der Waals surface area (Å²) in [6, 6.07) is 1.88. The van der Waals surface area contributed by atoms with Crippen molar-refractivity contribution in [3.05, 3.63) is 34.0 Å². The molecule has 2 N–H and O–H groups in total. The predicted molar refractivity (Wildman–Crippen MR) is 73.5 cm³/mol. The highest BCUT2D eigenvalue weighted by Gasteiger charge is 2.12. The third-order valence-corrected chi connectivity index (χ3v) is 3.89. The van der Waals surface area contributed by atoms with Crippen molar-refractivity contribution in [2.45, 2.75) is 38.2 Å². The van der Waals surface area contributed by atoms with Gasteiger partial charge in [-0.05, 0) is 48.1 Å². The average Bonchev–Trinajstić information content (AvgIpc) is 2.91. The maximum atomic E-state index is 11.7. The van der Waals surface area contributed by atoms with E-state index in [9.17, 15) is 9.90 Å². The Kier molecular flexibility index (Phi) is 4.96. The van der Waals surface area contributed by atoms with Gasteiger partial charge in [-0.15, -0.1) is 0 Å². The molecule has 0 aliphatic heterocycles. The van der Waals surface area contributed by atoms with Gasteiger partial charge in [0, 0.05) is 13.0 Å². The minimum absolute atomic E-state index is 0.0115. The Bertz CT molecular complexity index is 411. The molecular formula is C14H19NO2S. The van der Waals surface area contributed by atoms with Gasteiger partial charge in [-0.3, -0.25) is 4.79 Å². The average molecular weight is 265 g/mol. The summed E-state index contributed by atoms with van der Waals surface area (Å²) < 4.78 is 0. The quantitative estimate of drug-likeness (QED) is 0.804.